The van der Waals surface area contributed by atoms with Gasteiger partial charge in [0, 0.05) is 21.8 Å². The smallest absolute Gasteiger partial charge is 0.280 e. The fourth-order valence-electron chi connectivity index (χ4n) is 1.71. The van der Waals surface area contributed by atoms with Gasteiger partial charge in [-0.2, -0.15) is 0 Å². The summed E-state index contributed by atoms with van der Waals surface area (Å²) in [7, 11) is 0. The number of hydrogen-bond acceptors (Lipinski definition) is 5. The highest BCUT2D eigenvalue weighted by Gasteiger charge is 2.16. The first-order valence-corrected chi connectivity index (χ1v) is 7.33. The van der Waals surface area contributed by atoms with Crippen LogP contribution in [0.15, 0.2) is 36.5 Å². The van der Waals surface area contributed by atoms with Crippen molar-refractivity contribution in [2.24, 2.45) is 5.73 Å². The number of carbonyl (C=O) groups excluding carboxylic acids is 2. The summed E-state index contributed by atoms with van der Waals surface area (Å²) < 4.78 is 5.59. The zero-order valence-corrected chi connectivity index (χ0v) is 13.4. The minimum Gasteiger partial charge on any atom is -0.486 e. The van der Waals surface area contributed by atoms with E-state index in [1.54, 1.807) is 30.3 Å². The van der Waals surface area contributed by atoms with Crippen molar-refractivity contribution >= 4 is 35.0 Å². The average molecular weight is 354 g/mol. The highest BCUT2D eigenvalue weighted by atomic mass is 35.5. The van der Waals surface area contributed by atoms with Crippen LogP contribution in [0, 0.1) is 0 Å². The van der Waals surface area contributed by atoms with Crippen LogP contribution < -0.4 is 15.8 Å². The molecule has 0 aliphatic rings. The van der Waals surface area contributed by atoms with Gasteiger partial charge in [-0.25, -0.2) is 4.98 Å². The number of ether oxygens (including phenoxy) is 1. The van der Waals surface area contributed by atoms with E-state index >= 15 is 0 Å². The van der Waals surface area contributed by atoms with Gasteiger partial charge < -0.3 is 10.5 Å². The Hall–Kier alpha value is -2.15. The van der Waals surface area contributed by atoms with Crippen LogP contribution in [-0.4, -0.2) is 23.3 Å². The van der Waals surface area contributed by atoms with Gasteiger partial charge in [-0.1, -0.05) is 29.3 Å². The van der Waals surface area contributed by atoms with E-state index in [2.05, 4.69) is 10.3 Å². The minimum atomic E-state index is -0.682. The topological polar surface area (TPSA) is 94.3 Å². The fraction of sp³-hybridized carbons (Fsp3) is 0.133. The van der Waals surface area contributed by atoms with Crippen molar-refractivity contribution in [1.29, 1.82) is 0 Å². The summed E-state index contributed by atoms with van der Waals surface area (Å²) in [6.45, 7) is -0.179. The molecule has 0 bridgehead atoms. The fourth-order valence-corrected chi connectivity index (χ4v) is 2.17. The molecule has 0 atom stereocenters. The Bertz CT molecular complexity index is 738. The molecule has 2 rings (SSSR count). The second-order valence-electron chi connectivity index (χ2n) is 4.46. The molecular weight excluding hydrogens is 341 g/mol. The summed E-state index contributed by atoms with van der Waals surface area (Å²) >= 11 is 11.9. The van der Waals surface area contributed by atoms with Crippen molar-refractivity contribution in [2.45, 2.75) is 6.61 Å². The predicted octanol–water partition coefficient (Wildman–Crippen LogP) is 2.18. The molecule has 3 N–H and O–H groups in total. The molecule has 0 fully saturated rings. The lowest BCUT2D eigenvalue weighted by atomic mass is 10.2. The monoisotopic (exact) mass is 353 g/mol. The van der Waals surface area contributed by atoms with Gasteiger partial charge in [-0.15, -0.1) is 0 Å². The third-order valence-corrected chi connectivity index (χ3v) is 3.41. The van der Waals surface area contributed by atoms with Crippen molar-refractivity contribution in [1.82, 2.24) is 10.3 Å². The second kappa shape index (κ2) is 7.92. The Morgan fingerprint density at radius 2 is 2.04 bits per heavy atom. The van der Waals surface area contributed by atoms with Gasteiger partial charge >= 0.3 is 0 Å². The summed E-state index contributed by atoms with van der Waals surface area (Å²) in [4.78, 5) is 27.1. The summed E-state index contributed by atoms with van der Waals surface area (Å²) in [5.41, 5.74) is 5.84. The van der Waals surface area contributed by atoms with Gasteiger partial charge in [0.25, 0.3) is 5.91 Å². The van der Waals surface area contributed by atoms with Gasteiger partial charge in [-0.3, -0.25) is 14.9 Å². The first kappa shape index (κ1) is 17.2. The van der Waals surface area contributed by atoms with E-state index in [-0.39, 0.29) is 24.6 Å². The molecule has 23 heavy (non-hydrogen) atoms. The van der Waals surface area contributed by atoms with Crippen LogP contribution in [0.1, 0.15) is 16.1 Å². The molecule has 0 spiro atoms. The third kappa shape index (κ3) is 4.66. The van der Waals surface area contributed by atoms with Gasteiger partial charge in [0.1, 0.15) is 6.61 Å². The molecule has 0 aliphatic carbocycles. The van der Waals surface area contributed by atoms with E-state index in [0.29, 0.717) is 15.6 Å². The maximum absolute atomic E-state index is 12.0. The minimum absolute atomic E-state index is 0.0145. The highest BCUT2D eigenvalue weighted by molar-refractivity contribution is 6.35. The molecule has 0 radical (unpaired) electrons. The number of nitrogens with zero attached hydrogens (tertiary/aromatic N) is 1. The number of nitrogens with one attached hydrogen (secondary N) is 1. The SMILES string of the molecule is NCC(=O)NC(=O)c1ncccc1OCc1ccc(Cl)cc1Cl. The highest BCUT2D eigenvalue weighted by Crippen LogP contribution is 2.23. The molecule has 1 aromatic carbocycles. The van der Waals surface area contributed by atoms with Gasteiger partial charge in [0.05, 0.1) is 6.54 Å². The number of pyridine rings is 1. The van der Waals surface area contributed by atoms with Crippen molar-refractivity contribution in [3.8, 4) is 5.75 Å². The zero-order chi connectivity index (χ0) is 16.8. The predicted molar refractivity (Wildman–Crippen MR) is 86.6 cm³/mol. The number of carbonyl (C=O) groups is 2. The first-order chi connectivity index (χ1) is 11.0. The number of imide groups is 1. The van der Waals surface area contributed by atoms with E-state index in [9.17, 15) is 9.59 Å². The van der Waals surface area contributed by atoms with Crippen LogP contribution in [0.2, 0.25) is 10.0 Å². The van der Waals surface area contributed by atoms with Crippen LogP contribution in [0.4, 0.5) is 0 Å². The number of amides is 2. The Labute approximate surface area is 142 Å². The Morgan fingerprint density at radius 1 is 1.26 bits per heavy atom. The van der Waals surface area contributed by atoms with Crippen molar-refractivity contribution < 1.29 is 14.3 Å². The second-order valence-corrected chi connectivity index (χ2v) is 5.30. The molecule has 1 heterocycles. The molecule has 6 nitrogen and oxygen atoms in total. The number of benzene rings is 1. The third-order valence-electron chi connectivity index (χ3n) is 2.82. The molecular formula is C15H13Cl2N3O3. The zero-order valence-electron chi connectivity index (χ0n) is 11.9. The van der Waals surface area contributed by atoms with Crippen molar-refractivity contribution in [3.05, 3.63) is 57.8 Å². The number of rotatable bonds is 5. The Kier molecular flexibility index (Phi) is 5.92. The quantitative estimate of drug-likeness (QED) is 0.858. The lowest BCUT2D eigenvalue weighted by Gasteiger charge is -2.11. The summed E-state index contributed by atoms with van der Waals surface area (Å²) in [6, 6.07) is 8.18. The number of hydrogen-bond donors (Lipinski definition) is 2. The van der Waals surface area contributed by atoms with Gasteiger partial charge in [0.2, 0.25) is 5.91 Å². The maximum atomic E-state index is 12.0. The van der Waals surface area contributed by atoms with Crippen LogP contribution >= 0.6 is 23.2 Å². The number of halogens is 2. The molecule has 0 saturated carbocycles. The molecule has 8 heteroatoms. The summed E-state index contributed by atoms with van der Waals surface area (Å²) in [5, 5.41) is 3.08. The van der Waals surface area contributed by atoms with Crippen LogP contribution in [-0.2, 0) is 11.4 Å². The van der Waals surface area contributed by atoms with E-state index in [1.165, 1.54) is 6.20 Å². The summed E-state index contributed by atoms with van der Waals surface area (Å²) in [6.07, 6.45) is 1.42. The van der Waals surface area contributed by atoms with Crippen molar-refractivity contribution in [2.75, 3.05) is 6.54 Å². The van der Waals surface area contributed by atoms with E-state index < -0.39 is 11.8 Å². The molecule has 1 aromatic heterocycles. The lowest BCUT2D eigenvalue weighted by Crippen LogP contribution is -2.36. The van der Waals surface area contributed by atoms with Crippen LogP contribution in [0.5, 0.6) is 5.75 Å². The van der Waals surface area contributed by atoms with Gasteiger partial charge in [-0.05, 0) is 24.3 Å². The normalized spacial score (nSPS) is 10.2. The molecule has 0 unspecified atom stereocenters. The molecule has 0 saturated heterocycles. The molecule has 0 aliphatic heterocycles. The Balaban J connectivity index is 2.14. The maximum Gasteiger partial charge on any atom is 0.280 e. The van der Waals surface area contributed by atoms with Crippen molar-refractivity contribution in [3.63, 3.8) is 0 Å². The largest absolute Gasteiger partial charge is 0.486 e. The van der Waals surface area contributed by atoms with E-state index in [0.717, 1.165) is 0 Å². The number of aromatic nitrogens is 1. The average Bonchev–Trinajstić information content (AvgIpc) is 2.54. The first-order valence-electron chi connectivity index (χ1n) is 6.57. The van der Waals surface area contributed by atoms with Crippen LogP contribution in [0.3, 0.4) is 0 Å². The molecule has 120 valence electrons. The van der Waals surface area contributed by atoms with E-state index in [1.807, 2.05) is 0 Å². The van der Waals surface area contributed by atoms with Crippen LogP contribution in [0.25, 0.3) is 0 Å². The number of nitrogens with two attached hydrogens (primary N) is 1. The lowest BCUT2D eigenvalue weighted by molar-refractivity contribution is -0.118. The Morgan fingerprint density at radius 3 is 2.74 bits per heavy atom. The molecule has 2 amide bonds. The van der Waals surface area contributed by atoms with Gasteiger partial charge in [0.15, 0.2) is 11.4 Å². The summed E-state index contributed by atoms with van der Waals surface area (Å²) in [5.74, 6) is -1.06. The standard InChI is InChI=1S/C15H13Cl2N3O3/c16-10-4-3-9(11(17)6-10)8-23-12-2-1-5-19-14(12)15(22)20-13(21)7-18/h1-6H,7-8,18H2,(H,20,21,22). The molecule has 2 aromatic rings. The van der Waals surface area contributed by atoms with E-state index in [4.69, 9.17) is 33.7 Å².